The molecule has 3 heterocycles. The Morgan fingerprint density at radius 1 is 0.333 bits per heavy atom. The number of aromatic nitrogens is 1. The first-order valence-electron chi connectivity index (χ1n) is 19.5. The van der Waals surface area contributed by atoms with Crippen molar-refractivity contribution in [3.63, 3.8) is 0 Å². The minimum absolute atomic E-state index is 0.904. The number of benzene rings is 9. The third-order valence-corrected chi connectivity index (χ3v) is 11.7. The molecule has 0 N–H and O–H groups in total. The average molecular weight is 727 g/mol. The molecule has 0 bridgehead atoms. The molecular weight excluding hydrogens is 693 g/mol. The Kier molecular flexibility index (Phi) is 6.93. The van der Waals surface area contributed by atoms with Gasteiger partial charge in [0.2, 0.25) is 0 Å². The standard InChI is InChI=1S/C54H34N2O/c1-3-13-35(14-4-1)39-31-40(36-15-5-2-6-16-36)33-42(32-39)55(41-26-23-37(24-27-41)38-25-30-52-47(34-38)44-18-9-12-22-51(44)57-52)50-29-28-45-43-17-7-10-20-48(43)56-49-21-11-8-19-46(49)53(50)54(45)56/h1-34H. The highest BCUT2D eigenvalue weighted by Crippen LogP contribution is 2.48. The van der Waals surface area contributed by atoms with Gasteiger partial charge in [0, 0.05) is 43.7 Å². The lowest BCUT2D eigenvalue weighted by Crippen LogP contribution is -2.11. The van der Waals surface area contributed by atoms with Gasteiger partial charge in [0.1, 0.15) is 11.2 Å². The van der Waals surface area contributed by atoms with Gasteiger partial charge >= 0.3 is 0 Å². The van der Waals surface area contributed by atoms with E-state index in [9.17, 15) is 0 Å². The maximum Gasteiger partial charge on any atom is 0.135 e. The molecular formula is C54H34N2O. The van der Waals surface area contributed by atoms with Crippen LogP contribution in [0, 0.1) is 0 Å². The molecule has 12 aromatic rings. The molecule has 0 amide bonds. The average Bonchev–Trinajstić information content (AvgIpc) is 3.95. The van der Waals surface area contributed by atoms with Gasteiger partial charge in [-0.05, 0) is 100 Å². The van der Waals surface area contributed by atoms with E-state index in [1.165, 1.54) is 60.3 Å². The zero-order valence-corrected chi connectivity index (χ0v) is 30.9. The Morgan fingerprint density at radius 3 is 1.61 bits per heavy atom. The van der Waals surface area contributed by atoms with Crippen molar-refractivity contribution in [3.05, 3.63) is 206 Å². The number of para-hydroxylation sites is 3. The van der Waals surface area contributed by atoms with Gasteiger partial charge in [-0.3, -0.25) is 0 Å². The van der Waals surface area contributed by atoms with Crippen molar-refractivity contribution in [3.8, 4) is 33.4 Å². The molecule has 0 saturated carbocycles. The van der Waals surface area contributed by atoms with Crippen LogP contribution in [0.1, 0.15) is 0 Å². The van der Waals surface area contributed by atoms with Crippen molar-refractivity contribution < 1.29 is 4.42 Å². The summed E-state index contributed by atoms with van der Waals surface area (Å²) in [4.78, 5) is 2.47. The van der Waals surface area contributed by atoms with Crippen molar-refractivity contribution in [2.75, 3.05) is 4.90 Å². The van der Waals surface area contributed by atoms with Crippen molar-refractivity contribution >= 4 is 77.1 Å². The van der Waals surface area contributed by atoms with Crippen LogP contribution < -0.4 is 4.90 Å². The van der Waals surface area contributed by atoms with Gasteiger partial charge < -0.3 is 13.7 Å². The molecule has 57 heavy (non-hydrogen) atoms. The van der Waals surface area contributed by atoms with E-state index in [2.05, 4.69) is 203 Å². The molecule has 0 aliphatic heterocycles. The van der Waals surface area contributed by atoms with Crippen LogP contribution in [0.4, 0.5) is 17.1 Å². The molecule has 12 rings (SSSR count). The van der Waals surface area contributed by atoms with Crippen LogP contribution in [0.15, 0.2) is 211 Å². The van der Waals surface area contributed by atoms with E-state index in [-0.39, 0.29) is 0 Å². The number of hydrogen-bond acceptors (Lipinski definition) is 2. The summed E-state index contributed by atoms with van der Waals surface area (Å²) in [6.45, 7) is 0. The Hall–Kier alpha value is -7.62. The summed E-state index contributed by atoms with van der Waals surface area (Å²) in [7, 11) is 0. The summed E-state index contributed by atoms with van der Waals surface area (Å²) in [5.41, 5.74) is 15.8. The van der Waals surface area contributed by atoms with Gasteiger partial charge in [-0.15, -0.1) is 0 Å². The highest BCUT2D eigenvalue weighted by atomic mass is 16.3. The van der Waals surface area contributed by atoms with E-state index in [4.69, 9.17) is 4.42 Å². The van der Waals surface area contributed by atoms with E-state index >= 15 is 0 Å². The molecule has 0 aliphatic rings. The van der Waals surface area contributed by atoms with Gasteiger partial charge in [-0.1, -0.05) is 140 Å². The molecule has 0 atom stereocenters. The fourth-order valence-corrected chi connectivity index (χ4v) is 9.10. The van der Waals surface area contributed by atoms with Crippen LogP contribution >= 0.6 is 0 Å². The topological polar surface area (TPSA) is 20.8 Å². The summed E-state index contributed by atoms with van der Waals surface area (Å²) >= 11 is 0. The molecule has 3 heteroatoms. The maximum atomic E-state index is 6.17. The van der Waals surface area contributed by atoms with Crippen LogP contribution in [0.2, 0.25) is 0 Å². The predicted octanol–water partition coefficient (Wildman–Crippen LogP) is 15.2. The summed E-state index contributed by atoms with van der Waals surface area (Å²) in [6.07, 6.45) is 0. The monoisotopic (exact) mass is 726 g/mol. The van der Waals surface area contributed by atoms with E-state index in [0.29, 0.717) is 0 Å². The number of rotatable bonds is 6. The third kappa shape index (κ3) is 4.92. The second-order valence-electron chi connectivity index (χ2n) is 14.9. The van der Waals surface area contributed by atoms with Crippen LogP contribution in [-0.4, -0.2) is 4.40 Å². The molecule has 0 spiro atoms. The van der Waals surface area contributed by atoms with Crippen molar-refractivity contribution in [1.82, 2.24) is 4.40 Å². The van der Waals surface area contributed by atoms with E-state index < -0.39 is 0 Å². The Bertz CT molecular complexity index is 3390. The number of hydrogen-bond donors (Lipinski definition) is 0. The lowest BCUT2D eigenvalue weighted by molar-refractivity contribution is 0.669. The van der Waals surface area contributed by atoms with Gasteiger partial charge in [0.15, 0.2) is 0 Å². The molecule has 3 nitrogen and oxygen atoms in total. The largest absolute Gasteiger partial charge is 0.456 e. The summed E-state index contributed by atoms with van der Waals surface area (Å²) in [6, 6.07) is 74.6. The zero-order valence-electron chi connectivity index (χ0n) is 30.9. The summed E-state index contributed by atoms with van der Waals surface area (Å²) in [5, 5.41) is 7.28. The highest BCUT2D eigenvalue weighted by Gasteiger charge is 2.24. The van der Waals surface area contributed by atoms with Crippen molar-refractivity contribution in [1.29, 1.82) is 0 Å². The minimum atomic E-state index is 0.904. The predicted molar refractivity (Wildman–Crippen MR) is 239 cm³/mol. The van der Waals surface area contributed by atoms with E-state index in [0.717, 1.165) is 50.1 Å². The quantitative estimate of drug-likeness (QED) is 0.170. The SMILES string of the molecule is c1ccc(-c2cc(-c3ccccc3)cc(N(c3ccc(-c4ccc5oc6ccccc6c5c4)cc3)c3ccc4c5ccccc5n5c6ccccc6c3c45)c2)cc1. The first kappa shape index (κ1) is 31.7. The number of furan rings is 1. The number of fused-ring (bicyclic) bond motifs is 9. The maximum absolute atomic E-state index is 6.17. The molecule has 3 aromatic heterocycles. The molecule has 0 aliphatic carbocycles. The van der Waals surface area contributed by atoms with Crippen LogP contribution in [0.3, 0.4) is 0 Å². The summed E-state index contributed by atoms with van der Waals surface area (Å²) in [5.74, 6) is 0. The molecule has 9 aromatic carbocycles. The van der Waals surface area contributed by atoms with Crippen LogP contribution in [0.25, 0.3) is 93.4 Å². The fraction of sp³-hybridized carbons (Fsp3) is 0. The smallest absolute Gasteiger partial charge is 0.135 e. The number of nitrogens with zero attached hydrogens (tertiary/aromatic N) is 2. The molecule has 0 radical (unpaired) electrons. The van der Waals surface area contributed by atoms with Gasteiger partial charge in [-0.2, -0.15) is 0 Å². The van der Waals surface area contributed by atoms with E-state index in [1.54, 1.807) is 0 Å². The zero-order chi connectivity index (χ0) is 37.5. The Labute approximate surface area is 329 Å². The highest BCUT2D eigenvalue weighted by molar-refractivity contribution is 6.27. The minimum Gasteiger partial charge on any atom is -0.456 e. The molecule has 266 valence electrons. The van der Waals surface area contributed by atoms with Crippen molar-refractivity contribution in [2.24, 2.45) is 0 Å². The number of anilines is 3. The lowest BCUT2D eigenvalue weighted by Gasteiger charge is -2.28. The first-order valence-corrected chi connectivity index (χ1v) is 19.5. The normalized spacial score (nSPS) is 11.9. The molecule has 0 fully saturated rings. The second-order valence-corrected chi connectivity index (χ2v) is 14.9. The van der Waals surface area contributed by atoms with Gasteiger partial charge in [0.25, 0.3) is 0 Å². The van der Waals surface area contributed by atoms with Crippen LogP contribution in [0.5, 0.6) is 0 Å². The van der Waals surface area contributed by atoms with Gasteiger partial charge in [-0.25, -0.2) is 0 Å². The molecule has 0 unspecified atom stereocenters. The van der Waals surface area contributed by atoms with Crippen LogP contribution in [-0.2, 0) is 0 Å². The van der Waals surface area contributed by atoms with Crippen molar-refractivity contribution in [2.45, 2.75) is 0 Å². The Morgan fingerprint density at radius 2 is 0.895 bits per heavy atom. The van der Waals surface area contributed by atoms with Gasteiger partial charge in [0.05, 0.1) is 22.2 Å². The fourth-order valence-electron chi connectivity index (χ4n) is 9.10. The second kappa shape index (κ2) is 12.5. The Balaban J connectivity index is 1.12. The third-order valence-electron chi connectivity index (χ3n) is 11.7. The first-order chi connectivity index (χ1) is 28.3. The summed E-state index contributed by atoms with van der Waals surface area (Å²) < 4.78 is 8.63. The molecule has 0 saturated heterocycles. The lowest BCUT2D eigenvalue weighted by atomic mass is 9.96. The van der Waals surface area contributed by atoms with E-state index in [1.807, 2.05) is 12.1 Å².